The zero-order valence-corrected chi connectivity index (χ0v) is 14.8. The minimum absolute atomic E-state index is 0.147. The van der Waals surface area contributed by atoms with E-state index in [2.05, 4.69) is 34.8 Å². The molecular weight excluding hydrogens is 302 g/mol. The van der Waals surface area contributed by atoms with Crippen LogP contribution in [-0.4, -0.2) is 35.1 Å². The van der Waals surface area contributed by atoms with E-state index >= 15 is 0 Å². The molecule has 1 aromatic carbocycles. The maximum atomic E-state index is 11.4. The number of ether oxygens (including phenoxy) is 1. The van der Waals surface area contributed by atoms with E-state index in [0.717, 1.165) is 32.8 Å². The van der Waals surface area contributed by atoms with Crippen LogP contribution >= 0.6 is 0 Å². The minimum Gasteiger partial charge on any atom is -0.380 e. The zero-order valence-electron chi connectivity index (χ0n) is 14.8. The van der Waals surface area contributed by atoms with Crippen molar-refractivity contribution in [1.29, 1.82) is 0 Å². The molecule has 1 aromatic heterocycles. The molecule has 130 valence electrons. The molecule has 2 N–H and O–H groups in total. The molecule has 1 aliphatic rings. The Bertz CT molecular complexity index is 751. The first kappa shape index (κ1) is 17.0. The van der Waals surface area contributed by atoms with Crippen LogP contribution in [0.1, 0.15) is 30.5 Å². The maximum Gasteiger partial charge on any atom is 0.220 e. The summed E-state index contributed by atoms with van der Waals surface area (Å²) in [5, 5.41) is 1.25. The van der Waals surface area contributed by atoms with Crippen molar-refractivity contribution in [2.45, 2.75) is 33.4 Å². The molecule has 0 aliphatic carbocycles. The summed E-state index contributed by atoms with van der Waals surface area (Å²) in [4.78, 5) is 13.8. The highest BCUT2D eigenvalue weighted by molar-refractivity contribution is 5.86. The Labute approximate surface area is 143 Å². The number of fused-ring (bicyclic) bond motifs is 2. The Morgan fingerprint density at radius 1 is 1.33 bits per heavy atom. The lowest BCUT2D eigenvalue weighted by atomic mass is 9.98. The van der Waals surface area contributed by atoms with Crippen molar-refractivity contribution >= 4 is 16.8 Å². The number of nitrogens with zero attached hydrogens (tertiary/aromatic N) is 2. The zero-order chi connectivity index (χ0) is 17.3. The third-order valence-electron chi connectivity index (χ3n) is 4.95. The summed E-state index contributed by atoms with van der Waals surface area (Å²) >= 11 is 0. The number of hydrogen-bond acceptors (Lipinski definition) is 3. The SMILES string of the molecule is CCOCCN1Cc2cc3c(CC(C)C(N)=O)cn(C)c3cc2C1. The number of benzene rings is 1. The molecule has 24 heavy (non-hydrogen) atoms. The van der Waals surface area contributed by atoms with Crippen LogP contribution in [0.25, 0.3) is 10.9 Å². The molecule has 5 heteroatoms. The molecule has 1 unspecified atom stereocenters. The first-order valence-corrected chi connectivity index (χ1v) is 8.68. The normalized spacial score (nSPS) is 15.8. The highest BCUT2D eigenvalue weighted by atomic mass is 16.5. The lowest BCUT2D eigenvalue weighted by molar-refractivity contribution is -0.121. The molecule has 0 spiro atoms. The van der Waals surface area contributed by atoms with Crippen molar-refractivity contribution in [3.8, 4) is 0 Å². The van der Waals surface area contributed by atoms with E-state index in [1.807, 2.05) is 13.8 Å². The van der Waals surface area contributed by atoms with Gasteiger partial charge in [0.15, 0.2) is 0 Å². The van der Waals surface area contributed by atoms with E-state index in [1.54, 1.807) is 0 Å². The number of hydrogen-bond donors (Lipinski definition) is 1. The van der Waals surface area contributed by atoms with Crippen LogP contribution in [0, 0.1) is 5.92 Å². The second-order valence-corrected chi connectivity index (χ2v) is 6.82. The van der Waals surface area contributed by atoms with Gasteiger partial charge in [0, 0.05) is 56.3 Å². The fourth-order valence-corrected chi connectivity index (χ4v) is 3.52. The van der Waals surface area contributed by atoms with Crippen molar-refractivity contribution in [2.24, 2.45) is 18.7 Å². The van der Waals surface area contributed by atoms with Gasteiger partial charge in [-0.1, -0.05) is 6.92 Å². The van der Waals surface area contributed by atoms with Crippen LogP contribution in [0.3, 0.4) is 0 Å². The van der Waals surface area contributed by atoms with Gasteiger partial charge in [0.05, 0.1) is 6.61 Å². The lowest BCUT2D eigenvalue weighted by Gasteiger charge is -2.13. The summed E-state index contributed by atoms with van der Waals surface area (Å²) in [5.74, 6) is -0.387. The van der Waals surface area contributed by atoms with Crippen molar-refractivity contribution in [2.75, 3.05) is 19.8 Å². The molecule has 5 nitrogen and oxygen atoms in total. The number of aryl methyl sites for hydroxylation is 1. The lowest BCUT2D eigenvalue weighted by Crippen LogP contribution is -2.22. The first-order chi connectivity index (χ1) is 11.5. The molecule has 1 atom stereocenters. The summed E-state index contributed by atoms with van der Waals surface area (Å²) < 4.78 is 7.63. The van der Waals surface area contributed by atoms with Gasteiger partial charge in [0.2, 0.25) is 5.91 Å². The van der Waals surface area contributed by atoms with Gasteiger partial charge in [-0.15, -0.1) is 0 Å². The molecule has 1 amide bonds. The minimum atomic E-state index is -0.240. The Kier molecular flexibility index (Phi) is 4.92. The number of carbonyl (C=O) groups is 1. The monoisotopic (exact) mass is 329 g/mol. The van der Waals surface area contributed by atoms with Gasteiger partial charge in [-0.2, -0.15) is 0 Å². The molecule has 0 bridgehead atoms. The van der Waals surface area contributed by atoms with Crippen LogP contribution in [-0.2, 0) is 36.1 Å². The summed E-state index contributed by atoms with van der Waals surface area (Å²) in [6.07, 6.45) is 2.83. The Morgan fingerprint density at radius 2 is 2.04 bits per heavy atom. The van der Waals surface area contributed by atoms with Crippen LogP contribution in [0.4, 0.5) is 0 Å². The third kappa shape index (κ3) is 3.32. The maximum absolute atomic E-state index is 11.4. The van der Waals surface area contributed by atoms with E-state index < -0.39 is 0 Å². The average molecular weight is 329 g/mol. The molecule has 2 aromatic rings. The number of nitrogens with two attached hydrogens (primary N) is 1. The molecule has 1 aliphatic heterocycles. The number of carbonyl (C=O) groups excluding carboxylic acids is 1. The van der Waals surface area contributed by atoms with Crippen LogP contribution in [0.15, 0.2) is 18.3 Å². The smallest absolute Gasteiger partial charge is 0.220 e. The number of rotatable bonds is 7. The molecular formula is C19H27N3O2. The van der Waals surface area contributed by atoms with Gasteiger partial charge in [0.1, 0.15) is 0 Å². The second kappa shape index (κ2) is 6.95. The fraction of sp³-hybridized carbons (Fsp3) is 0.526. The van der Waals surface area contributed by atoms with Gasteiger partial charge in [-0.3, -0.25) is 9.69 Å². The fourth-order valence-electron chi connectivity index (χ4n) is 3.52. The number of amides is 1. The van der Waals surface area contributed by atoms with Crippen molar-refractivity contribution in [3.63, 3.8) is 0 Å². The van der Waals surface area contributed by atoms with E-state index in [4.69, 9.17) is 10.5 Å². The first-order valence-electron chi connectivity index (χ1n) is 8.68. The highest BCUT2D eigenvalue weighted by Crippen LogP contribution is 2.31. The Hall–Kier alpha value is -1.85. The molecule has 2 heterocycles. The van der Waals surface area contributed by atoms with Crippen LogP contribution in [0.2, 0.25) is 0 Å². The molecule has 0 fully saturated rings. The van der Waals surface area contributed by atoms with E-state index in [-0.39, 0.29) is 11.8 Å². The quantitative estimate of drug-likeness (QED) is 0.792. The van der Waals surface area contributed by atoms with E-state index in [1.165, 1.54) is 27.6 Å². The van der Waals surface area contributed by atoms with Gasteiger partial charge >= 0.3 is 0 Å². The third-order valence-corrected chi connectivity index (χ3v) is 4.95. The van der Waals surface area contributed by atoms with E-state index in [9.17, 15) is 4.79 Å². The van der Waals surface area contributed by atoms with Gasteiger partial charge in [0.25, 0.3) is 0 Å². The number of primary amides is 1. The molecule has 0 radical (unpaired) electrons. The van der Waals surface area contributed by atoms with Crippen molar-refractivity contribution in [1.82, 2.24) is 9.47 Å². The predicted molar refractivity (Wildman–Crippen MR) is 95.6 cm³/mol. The van der Waals surface area contributed by atoms with Crippen LogP contribution < -0.4 is 5.73 Å². The predicted octanol–water partition coefficient (Wildman–Crippen LogP) is 2.19. The highest BCUT2D eigenvalue weighted by Gasteiger charge is 2.22. The topological polar surface area (TPSA) is 60.5 Å². The van der Waals surface area contributed by atoms with Gasteiger partial charge in [-0.25, -0.2) is 0 Å². The van der Waals surface area contributed by atoms with E-state index in [0.29, 0.717) is 6.42 Å². The summed E-state index contributed by atoms with van der Waals surface area (Å²) in [6, 6.07) is 4.60. The standard InChI is InChI=1S/C19H27N3O2/c1-4-24-6-5-22-11-14-8-17-16(7-13(2)19(20)23)10-21(3)18(17)9-15(14)12-22/h8-10,13H,4-7,11-12H2,1-3H3,(H2,20,23). The molecule has 0 saturated carbocycles. The van der Waals surface area contributed by atoms with Crippen molar-refractivity contribution < 1.29 is 9.53 Å². The molecule has 0 saturated heterocycles. The summed E-state index contributed by atoms with van der Waals surface area (Å²) in [5.41, 5.74) is 10.7. The second-order valence-electron chi connectivity index (χ2n) is 6.82. The Morgan fingerprint density at radius 3 is 2.71 bits per heavy atom. The van der Waals surface area contributed by atoms with Crippen LogP contribution in [0.5, 0.6) is 0 Å². The molecule has 3 rings (SSSR count). The van der Waals surface area contributed by atoms with Gasteiger partial charge in [-0.05, 0) is 42.2 Å². The van der Waals surface area contributed by atoms with Crippen molar-refractivity contribution in [3.05, 3.63) is 35.0 Å². The number of aromatic nitrogens is 1. The average Bonchev–Trinajstić information content (AvgIpc) is 3.06. The summed E-state index contributed by atoms with van der Waals surface area (Å²) in [6.45, 7) is 8.39. The largest absolute Gasteiger partial charge is 0.380 e. The Balaban J connectivity index is 1.84. The summed E-state index contributed by atoms with van der Waals surface area (Å²) in [7, 11) is 2.06. The van der Waals surface area contributed by atoms with Gasteiger partial charge < -0.3 is 15.0 Å².